The van der Waals surface area contributed by atoms with Crippen molar-refractivity contribution in [2.45, 2.75) is 43.8 Å². The second kappa shape index (κ2) is 15.1. The van der Waals surface area contributed by atoms with Crippen LogP contribution in [-0.4, -0.2) is 43.8 Å². The Morgan fingerprint density at radius 1 is 0.841 bits per heavy atom. The van der Waals surface area contributed by atoms with Crippen molar-refractivity contribution in [2.75, 3.05) is 10.8 Å². The Balaban J connectivity index is 1.82. The average molecular weight is 718 g/mol. The Labute approximate surface area is 277 Å². The van der Waals surface area contributed by atoms with Gasteiger partial charge in [0.05, 0.1) is 15.6 Å². The number of nitrogens with zero attached hydrogens (tertiary/aromatic N) is 2. The summed E-state index contributed by atoms with van der Waals surface area (Å²) in [4.78, 5) is 29.6. The van der Waals surface area contributed by atoms with Gasteiger partial charge in [-0.05, 0) is 67.4 Å². The molecule has 11 heteroatoms. The van der Waals surface area contributed by atoms with Crippen molar-refractivity contribution in [3.63, 3.8) is 0 Å². The molecule has 0 aliphatic heterocycles. The molecule has 1 atom stereocenters. The molecule has 0 heterocycles. The minimum Gasteiger partial charge on any atom is -0.352 e. The third-order valence-electron chi connectivity index (χ3n) is 6.76. The summed E-state index contributed by atoms with van der Waals surface area (Å²) in [6.45, 7) is 3.10. The summed E-state index contributed by atoms with van der Waals surface area (Å²) in [5.41, 5.74) is 1.65. The molecule has 0 radical (unpaired) electrons. The second-order valence-electron chi connectivity index (χ2n) is 10.4. The van der Waals surface area contributed by atoms with E-state index in [2.05, 4.69) is 21.2 Å². The minimum atomic E-state index is -4.29. The highest BCUT2D eigenvalue weighted by Crippen LogP contribution is 2.33. The third kappa shape index (κ3) is 8.63. The summed E-state index contributed by atoms with van der Waals surface area (Å²) in [7, 11) is -4.29. The van der Waals surface area contributed by atoms with Crippen molar-refractivity contribution in [3.8, 4) is 0 Å². The maximum Gasteiger partial charge on any atom is 0.264 e. The van der Waals surface area contributed by atoms with Gasteiger partial charge in [0.1, 0.15) is 12.6 Å². The zero-order chi connectivity index (χ0) is 31.9. The van der Waals surface area contributed by atoms with Crippen molar-refractivity contribution in [3.05, 3.63) is 129 Å². The van der Waals surface area contributed by atoms with E-state index in [1.807, 2.05) is 68.4 Å². The fourth-order valence-electron chi connectivity index (χ4n) is 4.63. The van der Waals surface area contributed by atoms with Gasteiger partial charge in [0.2, 0.25) is 11.8 Å². The summed E-state index contributed by atoms with van der Waals surface area (Å²) in [6, 6.07) is 27.8. The van der Waals surface area contributed by atoms with E-state index in [1.54, 1.807) is 18.2 Å². The smallest absolute Gasteiger partial charge is 0.264 e. The van der Waals surface area contributed by atoms with Crippen LogP contribution in [0.5, 0.6) is 0 Å². The molecule has 0 aliphatic carbocycles. The number of sulfonamides is 1. The fraction of sp³-hybridized carbons (Fsp3) is 0.212. The summed E-state index contributed by atoms with van der Waals surface area (Å²) < 4.78 is 29.9. The zero-order valence-electron chi connectivity index (χ0n) is 24.2. The molecule has 0 spiro atoms. The van der Waals surface area contributed by atoms with Gasteiger partial charge < -0.3 is 10.2 Å². The molecule has 4 aromatic rings. The van der Waals surface area contributed by atoms with Crippen LogP contribution in [-0.2, 0) is 32.6 Å². The standard InChI is InChI=1S/C33H32BrCl2N3O4S/c1-23(2)37-33(41)31(19-24-9-5-3-6-10-24)38(21-25-13-15-26(34)16-14-25)32(40)22-39(30-20-27(35)17-18-29(30)36)44(42,43)28-11-7-4-8-12-28/h3-18,20,23,31H,19,21-22H2,1-2H3,(H,37,41). The Morgan fingerprint density at radius 2 is 1.45 bits per heavy atom. The van der Waals surface area contributed by atoms with Crippen LogP contribution in [0.3, 0.4) is 0 Å². The maximum absolute atomic E-state index is 14.4. The van der Waals surface area contributed by atoms with Crippen LogP contribution in [0.25, 0.3) is 0 Å². The molecule has 1 unspecified atom stereocenters. The van der Waals surface area contributed by atoms with Gasteiger partial charge in [-0.15, -0.1) is 0 Å². The number of carbonyl (C=O) groups is 2. The maximum atomic E-state index is 14.4. The number of hydrogen-bond donors (Lipinski definition) is 1. The van der Waals surface area contributed by atoms with Gasteiger partial charge >= 0.3 is 0 Å². The van der Waals surface area contributed by atoms with Gasteiger partial charge in [-0.3, -0.25) is 13.9 Å². The molecule has 2 amide bonds. The van der Waals surface area contributed by atoms with E-state index in [0.717, 1.165) is 19.9 Å². The number of nitrogens with one attached hydrogen (secondary N) is 1. The van der Waals surface area contributed by atoms with Crippen molar-refractivity contribution < 1.29 is 18.0 Å². The minimum absolute atomic E-state index is 0.0262. The Hall–Kier alpha value is -3.37. The lowest BCUT2D eigenvalue weighted by Crippen LogP contribution is -2.54. The van der Waals surface area contributed by atoms with E-state index in [1.165, 1.54) is 35.2 Å². The predicted molar refractivity (Wildman–Crippen MR) is 179 cm³/mol. The summed E-state index contributed by atoms with van der Waals surface area (Å²) >= 11 is 16.2. The normalized spacial score (nSPS) is 12.0. The molecule has 1 N–H and O–H groups in total. The first kappa shape index (κ1) is 33.5. The molecule has 0 aromatic heterocycles. The molecule has 0 saturated carbocycles. The Kier molecular flexibility index (Phi) is 11.5. The van der Waals surface area contributed by atoms with E-state index >= 15 is 0 Å². The molecule has 0 aliphatic rings. The van der Waals surface area contributed by atoms with Gasteiger partial charge in [-0.25, -0.2) is 8.42 Å². The lowest BCUT2D eigenvalue weighted by Gasteiger charge is -2.34. The van der Waals surface area contributed by atoms with E-state index in [4.69, 9.17) is 23.2 Å². The van der Waals surface area contributed by atoms with E-state index in [0.29, 0.717) is 0 Å². The number of rotatable bonds is 12. The first-order valence-electron chi connectivity index (χ1n) is 13.9. The van der Waals surface area contributed by atoms with Gasteiger partial charge in [0.25, 0.3) is 10.0 Å². The zero-order valence-corrected chi connectivity index (χ0v) is 28.1. The fourth-order valence-corrected chi connectivity index (χ4v) is 6.78. The molecule has 44 heavy (non-hydrogen) atoms. The SMILES string of the molecule is CC(C)NC(=O)C(Cc1ccccc1)N(Cc1ccc(Br)cc1)C(=O)CN(c1cc(Cl)ccc1Cl)S(=O)(=O)c1ccccc1. The first-order chi connectivity index (χ1) is 21.0. The second-order valence-corrected chi connectivity index (χ2v) is 14.1. The van der Waals surface area contributed by atoms with E-state index < -0.39 is 28.5 Å². The van der Waals surface area contributed by atoms with E-state index in [-0.39, 0.29) is 45.5 Å². The van der Waals surface area contributed by atoms with Gasteiger partial charge in [-0.1, -0.05) is 99.8 Å². The van der Waals surface area contributed by atoms with Crippen LogP contribution in [0, 0.1) is 0 Å². The summed E-state index contributed by atoms with van der Waals surface area (Å²) in [6.07, 6.45) is 0.213. The molecule has 7 nitrogen and oxygen atoms in total. The number of carbonyl (C=O) groups excluding carboxylic acids is 2. The number of hydrogen-bond acceptors (Lipinski definition) is 4. The monoisotopic (exact) mass is 715 g/mol. The van der Waals surface area contributed by atoms with Gasteiger partial charge in [0, 0.05) is 28.5 Å². The molecular formula is C33H32BrCl2N3O4S. The Morgan fingerprint density at radius 3 is 2.07 bits per heavy atom. The van der Waals surface area contributed by atoms with Crippen molar-refractivity contribution >= 4 is 66.7 Å². The van der Waals surface area contributed by atoms with Gasteiger partial charge in [-0.2, -0.15) is 0 Å². The number of halogens is 3. The van der Waals surface area contributed by atoms with Crippen LogP contribution < -0.4 is 9.62 Å². The third-order valence-corrected chi connectivity index (χ3v) is 9.61. The molecular weight excluding hydrogens is 685 g/mol. The highest BCUT2D eigenvalue weighted by Gasteiger charge is 2.35. The molecule has 4 aromatic carbocycles. The average Bonchev–Trinajstić information content (AvgIpc) is 3.00. The highest BCUT2D eigenvalue weighted by atomic mass is 79.9. The van der Waals surface area contributed by atoms with Gasteiger partial charge in [0.15, 0.2) is 0 Å². The number of benzene rings is 4. The predicted octanol–water partition coefficient (Wildman–Crippen LogP) is 7.12. The van der Waals surface area contributed by atoms with Crippen LogP contribution in [0.15, 0.2) is 112 Å². The number of amides is 2. The molecule has 0 bridgehead atoms. The van der Waals surface area contributed by atoms with Crippen molar-refractivity contribution in [1.82, 2.24) is 10.2 Å². The molecule has 0 fully saturated rings. The molecule has 230 valence electrons. The molecule has 0 saturated heterocycles. The first-order valence-corrected chi connectivity index (χ1v) is 16.9. The van der Waals surface area contributed by atoms with Crippen molar-refractivity contribution in [2.24, 2.45) is 0 Å². The lowest BCUT2D eigenvalue weighted by atomic mass is 10.0. The van der Waals surface area contributed by atoms with Crippen LogP contribution in [0.1, 0.15) is 25.0 Å². The summed E-state index contributed by atoms with van der Waals surface area (Å²) in [5.74, 6) is -0.948. The lowest BCUT2D eigenvalue weighted by molar-refractivity contribution is -0.140. The van der Waals surface area contributed by atoms with E-state index in [9.17, 15) is 18.0 Å². The topological polar surface area (TPSA) is 86.8 Å². The van der Waals surface area contributed by atoms with Crippen molar-refractivity contribution in [1.29, 1.82) is 0 Å². The largest absolute Gasteiger partial charge is 0.352 e. The highest BCUT2D eigenvalue weighted by molar-refractivity contribution is 9.10. The van der Waals surface area contributed by atoms with Crippen LogP contribution >= 0.6 is 39.1 Å². The van der Waals surface area contributed by atoms with Crippen LogP contribution in [0.2, 0.25) is 10.0 Å². The van der Waals surface area contributed by atoms with Crippen LogP contribution in [0.4, 0.5) is 5.69 Å². The molecule has 4 rings (SSSR count). The number of anilines is 1. The Bertz CT molecular complexity index is 1690. The quantitative estimate of drug-likeness (QED) is 0.169. The summed E-state index contributed by atoms with van der Waals surface area (Å²) in [5, 5.41) is 3.28.